The van der Waals surface area contributed by atoms with Crippen LogP contribution >= 0.6 is 0 Å². The van der Waals surface area contributed by atoms with E-state index in [9.17, 15) is 4.79 Å². The van der Waals surface area contributed by atoms with Gasteiger partial charge in [-0.2, -0.15) is 10.1 Å². The quantitative estimate of drug-likeness (QED) is 0.521. The maximum Gasteiger partial charge on any atom is 0.254 e. The van der Waals surface area contributed by atoms with Gasteiger partial charge in [-0.15, -0.1) is 0 Å². The summed E-state index contributed by atoms with van der Waals surface area (Å²) in [5, 5.41) is 13.6. The summed E-state index contributed by atoms with van der Waals surface area (Å²) in [5.74, 6) is 1.18. The number of aryl methyl sites for hydroxylation is 1. The first kappa shape index (κ1) is 19.3. The standard InChI is InChI=1S/C20H25N7O/c1-4-21-20-25-14(2)12-18(26-20)22-10-11-23-19(28)17-13-24-27(15(17)3)16-8-6-5-7-9-16/h5-9,12-13H,4,10-11H2,1-3H3,(H,23,28)(H2,21,22,25,26). The number of aromatic nitrogens is 4. The molecule has 0 aliphatic carbocycles. The SMILES string of the molecule is CCNc1nc(C)cc(NCCNC(=O)c2cnn(-c3ccccc3)c2C)n1. The van der Waals surface area contributed by atoms with Crippen molar-refractivity contribution in [1.29, 1.82) is 0 Å². The maximum absolute atomic E-state index is 12.5. The molecule has 0 radical (unpaired) electrons. The van der Waals surface area contributed by atoms with Crippen LogP contribution in [0.4, 0.5) is 11.8 Å². The summed E-state index contributed by atoms with van der Waals surface area (Å²) in [4.78, 5) is 21.2. The number of hydrogen-bond acceptors (Lipinski definition) is 6. The summed E-state index contributed by atoms with van der Waals surface area (Å²) < 4.78 is 1.76. The van der Waals surface area contributed by atoms with Crippen molar-refractivity contribution in [2.24, 2.45) is 0 Å². The summed E-state index contributed by atoms with van der Waals surface area (Å²) in [7, 11) is 0. The Morgan fingerprint density at radius 1 is 1.07 bits per heavy atom. The van der Waals surface area contributed by atoms with E-state index in [1.165, 1.54) is 0 Å². The van der Waals surface area contributed by atoms with Gasteiger partial charge in [-0.25, -0.2) is 9.67 Å². The minimum Gasteiger partial charge on any atom is -0.368 e. The smallest absolute Gasteiger partial charge is 0.254 e. The van der Waals surface area contributed by atoms with Crippen LogP contribution in [-0.4, -0.2) is 45.3 Å². The van der Waals surface area contributed by atoms with Gasteiger partial charge in [-0.1, -0.05) is 18.2 Å². The molecule has 2 aromatic heterocycles. The Kier molecular flexibility index (Phi) is 6.21. The minimum absolute atomic E-state index is 0.145. The molecule has 3 N–H and O–H groups in total. The van der Waals surface area contributed by atoms with Crippen molar-refractivity contribution >= 4 is 17.7 Å². The zero-order valence-electron chi connectivity index (χ0n) is 16.4. The number of nitrogens with one attached hydrogen (secondary N) is 3. The normalized spacial score (nSPS) is 10.5. The Balaban J connectivity index is 1.55. The van der Waals surface area contributed by atoms with Gasteiger partial charge in [0.15, 0.2) is 0 Å². The Labute approximate surface area is 164 Å². The zero-order valence-corrected chi connectivity index (χ0v) is 16.4. The van der Waals surface area contributed by atoms with Gasteiger partial charge in [0.25, 0.3) is 5.91 Å². The third-order valence-electron chi connectivity index (χ3n) is 4.16. The Bertz CT molecular complexity index is 937. The molecule has 3 aromatic rings. The lowest BCUT2D eigenvalue weighted by molar-refractivity contribution is 0.0954. The molecule has 0 atom stereocenters. The fourth-order valence-electron chi connectivity index (χ4n) is 2.82. The van der Waals surface area contributed by atoms with Gasteiger partial charge >= 0.3 is 0 Å². The molecule has 0 aliphatic rings. The van der Waals surface area contributed by atoms with Crippen LogP contribution in [0.5, 0.6) is 0 Å². The van der Waals surface area contributed by atoms with Crippen molar-refractivity contribution in [3.05, 3.63) is 59.5 Å². The molecule has 0 aliphatic heterocycles. The summed E-state index contributed by atoms with van der Waals surface area (Å²) >= 11 is 0. The molecule has 8 nitrogen and oxygen atoms in total. The fourth-order valence-corrected chi connectivity index (χ4v) is 2.82. The highest BCUT2D eigenvalue weighted by Gasteiger charge is 2.14. The van der Waals surface area contributed by atoms with Crippen molar-refractivity contribution in [2.45, 2.75) is 20.8 Å². The number of anilines is 2. The van der Waals surface area contributed by atoms with Gasteiger partial charge < -0.3 is 16.0 Å². The van der Waals surface area contributed by atoms with Gasteiger partial charge in [-0.05, 0) is 32.9 Å². The maximum atomic E-state index is 12.5. The highest BCUT2D eigenvalue weighted by Crippen LogP contribution is 2.13. The second-order valence-electron chi connectivity index (χ2n) is 6.32. The minimum atomic E-state index is -0.145. The number of carbonyl (C=O) groups excluding carboxylic acids is 1. The van der Waals surface area contributed by atoms with Crippen molar-refractivity contribution < 1.29 is 4.79 Å². The summed E-state index contributed by atoms with van der Waals surface area (Å²) in [6.45, 7) is 7.58. The van der Waals surface area contributed by atoms with Crippen molar-refractivity contribution in [3.63, 3.8) is 0 Å². The van der Waals surface area contributed by atoms with E-state index in [0.717, 1.165) is 29.4 Å². The molecule has 146 valence electrons. The summed E-state index contributed by atoms with van der Waals surface area (Å²) in [5.41, 5.74) is 3.17. The Morgan fingerprint density at radius 3 is 2.61 bits per heavy atom. The summed E-state index contributed by atoms with van der Waals surface area (Å²) in [6.07, 6.45) is 1.60. The number of carbonyl (C=O) groups is 1. The second kappa shape index (κ2) is 8.98. The van der Waals surface area contributed by atoms with E-state index in [0.29, 0.717) is 24.6 Å². The van der Waals surface area contributed by atoms with E-state index in [1.54, 1.807) is 10.9 Å². The van der Waals surface area contributed by atoms with Crippen LogP contribution in [0.25, 0.3) is 5.69 Å². The van der Waals surface area contributed by atoms with Crippen LogP contribution in [0.2, 0.25) is 0 Å². The van der Waals surface area contributed by atoms with Gasteiger partial charge in [0, 0.05) is 31.4 Å². The molecular formula is C20H25N7O. The largest absolute Gasteiger partial charge is 0.368 e. The zero-order chi connectivity index (χ0) is 19.9. The van der Waals surface area contributed by atoms with E-state index in [4.69, 9.17) is 0 Å². The lowest BCUT2D eigenvalue weighted by atomic mass is 10.2. The topological polar surface area (TPSA) is 96.8 Å². The number of rotatable bonds is 8. The number of benzene rings is 1. The predicted octanol–water partition coefficient (Wildman–Crippen LogP) is 2.55. The van der Waals surface area contributed by atoms with E-state index < -0.39 is 0 Å². The Hall–Kier alpha value is -3.42. The van der Waals surface area contributed by atoms with Crippen LogP contribution < -0.4 is 16.0 Å². The molecule has 2 heterocycles. The Morgan fingerprint density at radius 2 is 1.86 bits per heavy atom. The molecule has 0 unspecified atom stereocenters. The number of amides is 1. The summed E-state index contributed by atoms with van der Waals surface area (Å²) in [6, 6.07) is 11.6. The average Bonchev–Trinajstić information content (AvgIpc) is 3.07. The van der Waals surface area contributed by atoms with E-state index in [2.05, 4.69) is 31.0 Å². The number of hydrogen-bond donors (Lipinski definition) is 3. The van der Waals surface area contributed by atoms with Gasteiger partial charge in [0.05, 0.1) is 23.1 Å². The van der Waals surface area contributed by atoms with Crippen LogP contribution in [0.15, 0.2) is 42.6 Å². The van der Waals surface area contributed by atoms with Crippen molar-refractivity contribution in [1.82, 2.24) is 25.1 Å². The van der Waals surface area contributed by atoms with Crippen LogP contribution in [0.1, 0.15) is 28.7 Å². The van der Waals surface area contributed by atoms with Crippen molar-refractivity contribution in [3.8, 4) is 5.69 Å². The highest BCUT2D eigenvalue weighted by molar-refractivity contribution is 5.95. The van der Waals surface area contributed by atoms with Crippen LogP contribution in [0, 0.1) is 13.8 Å². The predicted molar refractivity (Wildman–Crippen MR) is 110 cm³/mol. The molecule has 1 aromatic carbocycles. The molecule has 0 saturated carbocycles. The monoisotopic (exact) mass is 379 g/mol. The first-order chi connectivity index (χ1) is 13.6. The molecule has 0 fully saturated rings. The van der Waals surface area contributed by atoms with Crippen LogP contribution in [-0.2, 0) is 0 Å². The molecule has 28 heavy (non-hydrogen) atoms. The van der Waals surface area contributed by atoms with Gasteiger partial charge in [-0.3, -0.25) is 4.79 Å². The van der Waals surface area contributed by atoms with Crippen molar-refractivity contribution in [2.75, 3.05) is 30.3 Å². The molecular weight excluding hydrogens is 354 g/mol. The third kappa shape index (κ3) is 4.64. The first-order valence-electron chi connectivity index (χ1n) is 9.30. The molecule has 0 spiro atoms. The second-order valence-corrected chi connectivity index (χ2v) is 6.32. The molecule has 8 heteroatoms. The molecule has 1 amide bonds. The van der Waals surface area contributed by atoms with Crippen LogP contribution in [0.3, 0.4) is 0 Å². The lowest BCUT2D eigenvalue weighted by Crippen LogP contribution is -2.29. The van der Waals surface area contributed by atoms with E-state index >= 15 is 0 Å². The lowest BCUT2D eigenvalue weighted by Gasteiger charge is -2.10. The number of para-hydroxylation sites is 1. The molecule has 0 bridgehead atoms. The first-order valence-corrected chi connectivity index (χ1v) is 9.30. The highest BCUT2D eigenvalue weighted by atomic mass is 16.1. The van der Waals surface area contributed by atoms with Gasteiger partial charge in [0.1, 0.15) is 5.82 Å². The average molecular weight is 379 g/mol. The van der Waals surface area contributed by atoms with E-state index in [1.807, 2.05) is 57.2 Å². The number of nitrogens with zero attached hydrogens (tertiary/aromatic N) is 4. The third-order valence-corrected chi connectivity index (χ3v) is 4.16. The molecule has 3 rings (SSSR count). The molecule has 0 saturated heterocycles. The van der Waals surface area contributed by atoms with E-state index in [-0.39, 0.29) is 5.91 Å². The van der Waals surface area contributed by atoms with Gasteiger partial charge in [0.2, 0.25) is 5.95 Å². The fraction of sp³-hybridized carbons (Fsp3) is 0.300.